The Morgan fingerprint density at radius 2 is 1.75 bits per heavy atom. The Bertz CT molecular complexity index is 379. The molecule has 0 spiro atoms. The Morgan fingerprint density at radius 3 is 2.12 bits per heavy atom. The number of hydrogen-bond acceptors (Lipinski definition) is 2. The van der Waals surface area contributed by atoms with Gasteiger partial charge < -0.3 is 0 Å². The van der Waals surface area contributed by atoms with E-state index in [4.69, 9.17) is 11.6 Å². The minimum Gasteiger partial charge on any atom is -0.290 e. The van der Waals surface area contributed by atoms with E-state index < -0.39 is 0 Å². The average Bonchev–Trinajstić information content (AvgIpc) is 2.30. The molecule has 0 heterocycles. The van der Waals surface area contributed by atoms with Crippen molar-refractivity contribution in [1.29, 1.82) is 0 Å². The standard InChI is InChI=1S/C12H14ClNO2/c1-3-8-5-10(15)6-9(4-2)12(8)14-11(16)7-13/h5-6H,3-4,7H2,1-2H3. The Morgan fingerprint density at radius 1 is 1.25 bits per heavy atom. The van der Waals surface area contributed by atoms with Crippen LogP contribution in [-0.4, -0.2) is 23.3 Å². The molecule has 1 rings (SSSR count). The van der Waals surface area contributed by atoms with Crippen molar-refractivity contribution >= 4 is 29.0 Å². The molecule has 86 valence electrons. The Hall–Kier alpha value is -1.22. The lowest BCUT2D eigenvalue weighted by Gasteiger charge is -2.15. The molecule has 0 aliphatic heterocycles. The monoisotopic (exact) mass is 239 g/mol. The summed E-state index contributed by atoms with van der Waals surface area (Å²) in [5, 5.41) is 0. The first-order chi connectivity index (χ1) is 7.62. The van der Waals surface area contributed by atoms with Crippen LogP contribution in [0.15, 0.2) is 28.3 Å². The van der Waals surface area contributed by atoms with Gasteiger partial charge in [-0.3, -0.25) is 9.59 Å². The summed E-state index contributed by atoms with van der Waals surface area (Å²) < 4.78 is 0. The second-order valence-corrected chi connectivity index (χ2v) is 3.70. The molecule has 0 aromatic rings. The van der Waals surface area contributed by atoms with Gasteiger partial charge in [0.1, 0.15) is 5.88 Å². The highest BCUT2D eigenvalue weighted by Crippen LogP contribution is 2.19. The van der Waals surface area contributed by atoms with Gasteiger partial charge in [0.15, 0.2) is 5.78 Å². The number of amides is 1. The lowest BCUT2D eigenvalue weighted by atomic mass is 9.92. The van der Waals surface area contributed by atoms with Crippen LogP contribution in [0, 0.1) is 0 Å². The summed E-state index contributed by atoms with van der Waals surface area (Å²) in [5.41, 5.74) is 2.24. The van der Waals surface area contributed by atoms with Crippen molar-refractivity contribution in [3.05, 3.63) is 23.3 Å². The number of alkyl halides is 1. The third-order valence-corrected chi connectivity index (χ3v) is 2.58. The van der Waals surface area contributed by atoms with Gasteiger partial charge in [-0.25, -0.2) is 4.99 Å². The number of halogens is 1. The number of ketones is 1. The van der Waals surface area contributed by atoms with Crippen LogP contribution in [0.2, 0.25) is 0 Å². The van der Waals surface area contributed by atoms with Crippen LogP contribution in [0.5, 0.6) is 0 Å². The van der Waals surface area contributed by atoms with Crippen LogP contribution >= 0.6 is 11.6 Å². The van der Waals surface area contributed by atoms with E-state index in [-0.39, 0.29) is 17.6 Å². The van der Waals surface area contributed by atoms with Crippen molar-refractivity contribution in [2.24, 2.45) is 4.99 Å². The molecule has 0 aromatic carbocycles. The Labute approximate surface area is 99.9 Å². The number of carbonyl (C=O) groups excluding carboxylic acids is 2. The maximum Gasteiger partial charge on any atom is 0.261 e. The van der Waals surface area contributed by atoms with Crippen LogP contribution in [0.1, 0.15) is 26.7 Å². The predicted molar refractivity (Wildman–Crippen MR) is 64.9 cm³/mol. The van der Waals surface area contributed by atoms with E-state index in [1.54, 1.807) is 0 Å². The number of allylic oxidation sites excluding steroid dienone is 4. The first kappa shape index (κ1) is 12.8. The van der Waals surface area contributed by atoms with Gasteiger partial charge in [-0.1, -0.05) is 13.8 Å². The molecule has 0 bridgehead atoms. The fourth-order valence-corrected chi connectivity index (χ4v) is 1.63. The lowest BCUT2D eigenvalue weighted by molar-refractivity contribution is -0.115. The van der Waals surface area contributed by atoms with Crippen molar-refractivity contribution in [2.75, 3.05) is 5.88 Å². The van der Waals surface area contributed by atoms with Crippen LogP contribution in [0.25, 0.3) is 0 Å². The van der Waals surface area contributed by atoms with E-state index in [2.05, 4.69) is 4.99 Å². The minimum atomic E-state index is -0.371. The smallest absolute Gasteiger partial charge is 0.261 e. The van der Waals surface area contributed by atoms with Gasteiger partial charge in [-0.05, 0) is 36.1 Å². The molecular weight excluding hydrogens is 226 g/mol. The fraction of sp³-hybridized carbons (Fsp3) is 0.417. The Kier molecular flexibility index (Phi) is 4.62. The molecule has 0 radical (unpaired) electrons. The Balaban J connectivity index is 3.15. The maximum absolute atomic E-state index is 11.4. The second kappa shape index (κ2) is 5.75. The largest absolute Gasteiger partial charge is 0.290 e. The van der Waals surface area contributed by atoms with Crippen LogP contribution in [0.3, 0.4) is 0 Å². The lowest BCUT2D eigenvalue weighted by Crippen LogP contribution is -2.16. The quantitative estimate of drug-likeness (QED) is 0.561. The molecule has 0 saturated carbocycles. The molecule has 0 N–H and O–H groups in total. The van der Waals surface area contributed by atoms with E-state index in [1.807, 2.05) is 13.8 Å². The summed E-state index contributed by atoms with van der Waals surface area (Å²) in [4.78, 5) is 26.6. The summed E-state index contributed by atoms with van der Waals surface area (Å²) in [6, 6.07) is 0. The molecule has 0 aromatic heterocycles. The van der Waals surface area contributed by atoms with E-state index in [1.165, 1.54) is 12.2 Å². The summed E-state index contributed by atoms with van der Waals surface area (Å²) in [5.74, 6) is -0.540. The molecular formula is C12H14ClNO2. The van der Waals surface area contributed by atoms with Crippen molar-refractivity contribution in [1.82, 2.24) is 0 Å². The molecule has 1 aliphatic carbocycles. The zero-order valence-corrected chi connectivity index (χ0v) is 10.2. The summed E-state index contributed by atoms with van der Waals surface area (Å²) in [7, 11) is 0. The van der Waals surface area contributed by atoms with Gasteiger partial charge in [0.25, 0.3) is 5.91 Å². The van der Waals surface area contributed by atoms with Crippen molar-refractivity contribution in [3.63, 3.8) is 0 Å². The highest BCUT2D eigenvalue weighted by atomic mass is 35.5. The van der Waals surface area contributed by atoms with Gasteiger partial charge in [0.05, 0.1) is 5.71 Å². The van der Waals surface area contributed by atoms with Crippen LogP contribution in [-0.2, 0) is 9.59 Å². The topological polar surface area (TPSA) is 46.5 Å². The zero-order chi connectivity index (χ0) is 12.1. The normalized spacial score (nSPS) is 15.7. The average molecular weight is 240 g/mol. The summed E-state index contributed by atoms with van der Waals surface area (Å²) >= 11 is 5.42. The molecule has 1 amide bonds. The fourth-order valence-electron chi connectivity index (χ4n) is 1.57. The molecule has 0 fully saturated rings. The van der Waals surface area contributed by atoms with E-state index in [0.717, 1.165) is 11.1 Å². The van der Waals surface area contributed by atoms with E-state index in [9.17, 15) is 9.59 Å². The SMILES string of the molecule is CCC1=CC(=O)C=C(CC)C1=NC(=O)CCl. The molecule has 0 saturated heterocycles. The summed E-state index contributed by atoms with van der Waals surface area (Å²) in [6.45, 7) is 3.86. The van der Waals surface area contributed by atoms with Crippen molar-refractivity contribution in [3.8, 4) is 0 Å². The molecule has 4 heteroatoms. The number of nitrogens with zero attached hydrogens (tertiary/aromatic N) is 1. The molecule has 0 unspecified atom stereocenters. The summed E-state index contributed by atoms with van der Waals surface area (Å²) in [6.07, 6.45) is 4.41. The van der Waals surface area contributed by atoms with Gasteiger partial charge in [0, 0.05) is 0 Å². The highest BCUT2D eigenvalue weighted by Gasteiger charge is 2.18. The third-order valence-electron chi connectivity index (χ3n) is 2.35. The van der Waals surface area contributed by atoms with Gasteiger partial charge in [-0.15, -0.1) is 11.6 Å². The number of carbonyl (C=O) groups is 2. The third kappa shape index (κ3) is 2.89. The molecule has 0 atom stereocenters. The minimum absolute atomic E-state index is 0.0361. The molecule has 3 nitrogen and oxygen atoms in total. The van der Waals surface area contributed by atoms with Gasteiger partial charge in [0.2, 0.25) is 0 Å². The van der Waals surface area contributed by atoms with Crippen LogP contribution < -0.4 is 0 Å². The second-order valence-electron chi connectivity index (χ2n) is 3.44. The molecule has 1 aliphatic rings. The van der Waals surface area contributed by atoms with E-state index >= 15 is 0 Å². The van der Waals surface area contributed by atoms with Crippen LogP contribution in [0.4, 0.5) is 0 Å². The first-order valence-corrected chi connectivity index (χ1v) is 5.79. The molecule has 16 heavy (non-hydrogen) atoms. The van der Waals surface area contributed by atoms with Gasteiger partial charge in [-0.2, -0.15) is 0 Å². The number of aliphatic imine (C=N–C) groups is 1. The number of hydrogen-bond donors (Lipinski definition) is 0. The van der Waals surface area contributed by atoms with Crippen molar-refractivity contribution < 1.29 is 9.59 Å². The van der Waals surface area contributed by atoms with E-state index in [0.29, 0.717) is 18.6 Å². The number of rotatable bonds is 3. The zero-order valence-electron chi connectivity index (χ0n) is 9.42. The van der Waals surface area contributed by atoms with Gasteiger partial charge >= 0.3 is 0 Å². The highest BCUT2D eigenvalue weighted by molar-refractivity contribution is 6.30. The maximum atomic E-state index is 11.4. The first-order valence-electron chi connectivity index (χ1n) is 5.25. The van der Waals surface area contributed by atoms with Crippen molar-refractivity contribution in [2.45, 2.75) is 26.7 Å². The predicted octanol–water partition coefficient (Wildman–Crippen LogP) is 2.45.